The van der Waals surface area contributed by atoms with Crippen molar-refractivity contribution in [3.05, 3.63) is 67.7 Å². The number of nitro groups is 1. The van der Waals surface area contributed by atoms with Crippen molar-refractivity contribution in [3.63, 3.8) is 0 Å². The fourth-order valence-electron chi connectivity index (χ4n) is 2.23. The number of hydrogen-bond donors (Lipinski definition) is 2. The molecule has 0 saturated carbocycles. The molecule has 1 unspecified atom stereocenters. The van der Waals surface area contributed by atoms with Crippen molar-refractivity contribution in [2.24, 2.45) is 0 Å². The molecule has 1 atom stereocenters. The zero-order valence-electron chi connectivity index (χ0n) is 12.8. The molecule has 0 amide bonds. The van der Waals surface area contributed by atoms with Crippen LogP contribution in [-0.2, 0) is 11.3 Å². The lowest BCUT2D eigenvalue weighted by molar-refractivity contribution is -0.384. The van der Waals surface area contributed by atoms with Gasteiger partial charge in [0.05, 0.1) is 17.6 Å². The van der Waals surface area contributed by atoms with Gasteiger partial charge in [-0.25, -0.2) is 0 Å². The van der Waals surface area contributed by atoms with Gasteiger partial charge in [0.25, 0.3) is 5.69 Å². The van der Waals surface area contributed by atoms with E-state index in [2.05, 4.69) is 5.32 Å². The van der Waals surface area contributed by atoms with Crippen molar-refractivity contribution in [3.8, 4) is 0 Å². The summed E-state index contributed by atoms with van der Waals surface area (Å²) >= 11 is 11.9. The minimum Gasteiger partial charge on any atom is -0.387 e. The van der Waals surface area contributed by atoms with Crippen LogP contribution in [0.3, 0.4) is 0 Å². The fourth-order valence-corrected chi connectivity index (χ4v) is 2.78. The largest absolute Gasteiger partial charge is 0.387 e. The monoisotopic (exact) mass is 370 g/mol. The van der Waals surface area contributed by atoms with Gasteiger partial charge in [-0.2, -0.15) is 0 Å². The molecule has 2 N–H and O–H groups in total. The number of hydrogen-bond acceptors (Lipinski definition) is 5. The van der Waals surface area contributed by atoms with E-state index in [0.29, 0.717) is 26.9 Å². The van der Waals surface area contributed by atoms with Crippen LogP contribution in [0.15, 0.2) is 36.4 Å². The van der Waals surface area contributed by atoms with Crippen molar-refractivity contribution in [1.29, 1.82) is 0 Å². The Morgan fingerprint density at radius 2 is 1.92 bits per heavy atom. The number of nitrogens with one attached hydrogen (secondary N) is 1. The quantitative estimate of drug-likeness (QED) is 0.563. The maximum Gasteiger partial charge on any atom is 0.269 e. The van der Waals surface area contributed by atoms with Gasteiger partial charge in [0.2, 0.25) is 0 Å². The lowest BCUT2D eigenvalue weighted by Crippen LogP contribution is -2.13. The molecule has 0 saturated heterocycles. The lowest BCUT2D eigenvalue weighted by Gasteiger charge is -2.16. The third-order valence-electron chi connectivity index (χ3n) is 3.36. The van der Waals surface area contributed by atoms with Gasteiger partial charge in [0.1, 0.15) is 0 Å². The molecule has 6 nitrogen and oxygen atoms in total. The van der Waals surface area contributed by atoms with Gasteiger partial charge >= 0.3 is 0 Å². The Hall–Kier alpha value is -1.86. The summed E-state index contributed by atoms with van der Waals surface area (Å²) in [6.45, 7) is 0.397. The summed E-state index contributed by atoms with van der Waals surface area (Å²) in [5, 5.41) is 25.1. The van der Waals surface area contributed by atoms with E-state index in [-0.39, 0.29) is 18.8 Å². The van der Waals surface area contributed by atoms with E-state index < -0.39 is 11.0 Å². The van der Waals surface area contributed by atoms with Crippen molar-refractivity contribution in [2.75, 3.05) is 19.0 Å². The minimum atomic E-state index is -0.841. The second-order valence-corrected chi connectivity index (χ2v) is 6.00. The summed E-state index contributed by atoms with van der Waals surface area (Å²) in [5.74, 6) is 0. The minimum absolute atomic E-state index is 0.0187. The summed E-state index contributed by atoms with van der Waals surface area (Å²) < 4.78 is 5.07. The Kier molecular flexibility index (Phi) is 6.39. The molecule has 0 spiro atoms. The molecule has 0 aliphatic carbocycles. The molecule has 0 radical (unpaired) electrons. The molecule has 2 aromatic rings. The highest BCUT2D eigenvalue weighted by atomic mass is 35.5. The lowest BCUT2D eigenvalue weighted by atomic mass is 10.1. The Bertz CT molecular complexity index is 720. The first-order valence-electron chi connectivity index (χ1n) is 7.05. The van der Waals surface area contributed by atoms with Gasteiger partial charge < -0.3 is 15.2 Å². The number of halogens is 2. The van der Waals surface area contributed by atoms with E-state index in [1.54, 1.807) is 24.3 Å². The van der Waals surface area contributed by atoms with Gasteiger partial charge in [0, 0.05) is 47.1 Å². The number of ether oxygens (including phenoxy) is 1. The van der Waals surface area contributed by atoms with Crippen molar-refractivity contribution >= 4 is 34.6 Å². The first-order valence-corrected chi connectivity index (χ1v) is 7.80. The molecule has 2 rings (SSSR count). The maximum absolute atomic E-state index is 10.9. The van der Waals surface area contributed by atoms with Crippen LogP contribution >= 0.6 is 23.2 Å². The standard InChI is InChI=1S/C16H16Cl2N2O4/c1-24-9-11-6-14(20(22)23)2-3-15(11)19-8-16(21)10-4-12(17)7-13(18)5-10/h2-7,16,19,21H,8-9H2,1H3. The number of aliphatic hydroxyl groups is 1. The summed E-state index contributed by atoms with van der Waals surface area (Å²) in [7, 11) is 1.51. The van der Waals surface area contributed by atoms with Gasteiger partial charge in [-0.05, 0) is 29.8 Å². The molecule has 0 fully saturated rings. The second-order valence-electron chi connectivity index (χ2n) is 5.13. The summed E-state index contributed by atoms with van der Waals surface area (Å²) in [5.41, 5.74) is 1.84. The summed E-state index contributed by atoms with van der Waals surface area (Å²) in [6.07, 6.45) is -0.841. The van der Waals surface area contributed by atoms with Gasteiger partial charge in [-0.3, -0.25) is 10.1 Å². The Balaban J connectivity index is 2.14. The number of anilines is 1. The highest BCUT2D eigenvalue weighted by molar-refractivity contribution is 6.34. The number of benzene rings is 2. The van der Waals surface area contributed by atoms with E-state index in [1.807, 2.05) is 0 Å². The van der Waals surface area contributed by atoms with E-state index in [1.165, 1.54) is 19.2 Å². The van der Waals surface area contributed by atoms with E-state index in [0.717, 1.165) is 0 Å². The molecule has 0 aromatic heterocycles. The molecule has 2 aromatic carbocycles. The van der Waals surface area contributed by atoms with Crippen LogP contribution in [0, 0.1) is 10.1 Å². The molecular weight excluding hydrogens is 355 g/mol. The molecule has 0 aliphatic heterocycles. The van der Waals surface area contributed by atoms with E-state index in [4.69, 9.17) is 27.9 Å². The zero-order chi connectivity index (χ0) is 17.7. The maximum atomic E-state index is 10.9. The molecule has 24 heavy (non-hydrogen) atoms. The molecule has 0 bridgehead atoms. The van der Waals surface area contributed by atoms with Crippen LogP contribution < -0.4 is 5.32 Å². The average molecular weight is 371 g/mol. The Morgan fingerprint density at radius 1 is 1.25 bits per heavy atom. The SMILES string of the molecule is COCc1cc([N+](=O)[O-])ccc1NCC(O)c1cc(Cl)cc(Cl)c1. The number of non-ortho nitro benzene ring substituents is 1. The predicted molar refractivity (Wildman–Crippen MR) is 93.7 cm³/mol. The van der Waals surface area contributed by atoms with Crippen LogP contribution in [0.4, 0.5) is 11.4 Å². The van der Waals surface area contributed by atoms with Crippen LogP contribution in [-0.4, -0.2) is 23.7 Å². The van der Waals surface area contributed by atoms with Crippen molar-refractivity contribution < 1.29 is 14.8 Å². The van der Waals surface area contributed by atoms with Crippen molar-refractivity contribution in [1.82, 2.24) is 0 Å². The first kappa shape index (κ1) is 18.5. The number of aliphatic hydroxyl groups excluding tert-OH is 1. The van der Waals surface area contributed by atoms with E-state index in [9.17, 15) is 15.2 Å². The zero-order valence-corrected chi connectivity index (χ0v) is 14.3. The number of nitro benzene ring substituents is 1. The number of methoxy groups -OCH3 is 1. The molecule has 0 heterocycles. The smallest absolute Gasteiger partial charge is 0.269 e. The third kappa shape index (κ3) is 4.82. The molecule has 0 aliphatic rings. The van der Waals surface area contributed by atoms with Crippen LogP contribution in [0.2, 0.25) is 10.0 Å². The van der Waals surface area contributed by atoms with Crippen LogP contribution in [0.1, 0.15) is 17.2 Å². The topological polar surface area (TPSA) is 84.6 Å². The van der Waals surface area contributed by atoms with Gasteiger partial charge in [-0.1, -0.05) is 23.2 Å². The summed E-state index contributed by atoms with van der Waals surface area (Å²) in [6, 6.07) is 9.26. The second kappa shape index (κ2) is 8.30. The predicted octanol–water partition coefficient (Wildman–Crippen LogP) is 4.19. The molecule has 8 heteroatoms. The average Bonchev–Trinajstić information content (AvgIpc) is 2.52. The third-order valence-corrected chi connectivity index (χ3v) is 3.79. The fraction of sp³-hybridized carbons (Fsp3) is 0.250. The van der Waals surface area contributed by atoms with E-state index >= 15 is 0 Å². The van der Waals surface area contributed by atoms with Crippen molar-refractivity contribution in [2.45, 2.75) is 12.7 Å². The van der Waals surface area contributed by atoms with Gasteiger partial charge in [-0.15, -0.1) is 0 Å². The first-order chi connectivity index (χ1) is 11.4. The highest BCUT2D eigenvalue weighted by Crippen LogP contribution is 2.26. The molecule has 128 valence electrons. The van der Waals surface area contributed by atoms with Gasteiger partial charge in [0.15, 0.2) is 0 Å². The number of nitrogens with zero attached hydrogens (tertiary/aromatic N) is 1. The van der Waals surface area contributed by atoms with Crippen LogP contribution in [0.25, 0.3) is 0 Å². The Morgan fingerprint density at radius 3 is 2.50 bits per heavy atom. The normalized spacial score (nSPS) is 12.0. The number of rotatable bonds is 7. The summed E-state index contributed by atoms with van der Waals surface area (Å²) in [4.78, 5) is 10.4. The van der Waals surface area contributed by atoms with Crippen LogP contribution in [0.5, 0.6) is 0 Å². The highest BCUT2D eigenvalue weighted by Gasteiger charge is 2.13. The Labute approximate surface area is 149 Å². The molecular formula is C16H16Cl2N2O4.